The highest BCUT2D eigenvalue weighted by molar-refractivity contribution is 7.99. The Kier molecular flexibility index (Phi) is 4.44. The van der Waals surface area contributed by atoms with Gasteiger partial charge in [0.2, 0.25) is 5.91 Å². The van der Waals surface area contributed by atoms with Crippen molar-refractivity contribution in [2.75, 3.05) is 11.1 Å². The highest BCUT2D eigenvalue weighted by Gasteiger charge is 2.10. The molecule has 3 rings (SSSR count). The normalized spacial score (nSPS) is 10.8. The predicted molar refractivity (Wildman–Crippen MR) is 89.2 cm³/mol. The van der Waals surface area contributed by atoms with E-state index < -0.39 is 0 Å². The van der Waals surface area contributed by atoms with E-state index in [4.69, 9.17) is 4.42 Å². The van der Waals surface area contributed by atoms with Gasteiger partial charge in [-0.3, -0.25) is 4.79 Å². The summed E-state index contributed by atoms with van der Waals surface area (Å²) >= 11 is 1.30. The number of carbonyl (C=O) groups excluding carboxylic acids is 1. The second kappa shape index (κ2) is 6.66. The van der Waals surface area contributed by atoms with Crippen LogP contribution in [0.4, 0.5) is 5.69 Å². The summed E-state index contributed by atoms with van der Waals surface area (Å²) in [5, 5.41) is 3.45. The zero-order chi connectivity index (χ0) is 15.4. The number of fused-ring (bicyclic) bond motifs is 1. The summed E-state index contributed by atoms with van der Waals surface area (Å²) in [7, 11) is 0. The van der Waals surface area contributed by atoms with E-state index in [-0.39, 0.29) is 11.7 Å². The van der Waals surface area contributed by atoms with E-state index in [1.165, 1.54) is 11.8 Å². The van der Waals surface area contributed by atoms with Crippen LogP contribution in [0.5, 0.6) is 0 Å². The molecule has 2 aromatic carbocycles. The zero-order valence-electron chi connectivity index (χ0n) is 12.2. The lowest BCUT2D eigenvalue weighted by Crippen LogP contribution is -2.15. The van der Waals surface area contributed by atoms with Crippen molar-refractivity contribution in [2.24, 2.45) is 0 Å². The summed E-state index contributed by atoms with van der Waals surface area (Å²) in [5.74, 6) is 0.207. The lowest BCUT2D eigenvalue weighted by molar-refractivity contribution is -0.113. The molecule has 1 N–H and O–H groups in total. The lowest BCUT2D eigenvalue weighted by Gasteiger charge is -2.08. The molecule has 0 radical (unpaired) electrons. The smallest absolute Gasteiger partial charge is 0.257 e. The highest BCUT2D eigenvalue weighted by atomic mass is 32.2. The SMILES string of the molecule is CCc1ccccc1NC(=O)CSc1nc2ccccc2o1. The van der Waals surface area contributed by atoms with Gasteiger partial charge in [-0.05, 0) is 30.2 Å². The molecule has 0 atom stereocenters. The van der Waals surface area contributed by atoms with Crippen molar-refractivity contribution < 1.29 is 9.21 Å². The number of aromatic nitrogens is 1. The Morgan fingerprint density at radius 2 is 1.95 bits per heavy atom. The number of benzene rings is 2. The highest BCUT2D eigenvalue weighted by Crippen LogP contribution is 2.23. The van der Waals surface area contributed by atoms with Crippen molar-refractivity contribution in [3.63, 3.8) is 0 Å². The molecule has 4 nitrogen and oxygen atoms in total. The Morgan fingerprint density at radius 1 is 1.18 bits per heavy atom. The van der Waals surface area contributed by atoms with E-state index in [1.54, 1.807) is 0 Å². The number of para-hydroxylation sites is 3. The maximum atomic E-state index is 12.1. The Bertz CT molecular complexity index is 765. The number of nitrogens with one attached hydrogen (secondary N) is 1. The third-order valence-corrected chi connectivity index (χ3v) is 4.10. The summed E-state index contributed by atoms with van der Waals surface area (Å²) in [4.78, 5) is 16.4. The molecule has 0 spiro atoms. The van der Waals surface area contributed by atoms with Crippen LogP contribution in [0.1, 0.15) is 12.5 Å². The first-order valence-corrected chi connectivity index (χ1v) is 8.11. The molecular weight excluding hydrogens is 296 g/mol. The second-order valence-corrected chi connectivity index (χ2v) is 5.72. The van der Waals surface area contributed by atoms with Gasteiger partial charge in [-0.15, -0.1) is 0 Å². The quantitative estimate of drug-likeness (QED) is 0.720. The predicted octanol–water partition coefficient (Wildman–Crippen LogP) is 4.12. The van der Waals surface area contributed by atoms with Crippen molar-refractivity contribution >= 4 is 34.5 Å². The van der Waals surface area contributed by atoms with Gasteiger partial charge in [0.1, 0.15) is 5.52 Å². The molecule has 5 heteroatoms. The minimum absolute atomic E-state index is 0.0619. The number of aryl methyl sites for hydroxylation is 1. The lowest BCUT2D eigenvalue weighted by atomic mass is 10.1. The summed E-state index contributed by atoms with van der Waals surface area (Å²) in [5.41, 5.74) is 3.54. The van der Waals surface area contributed by atoms with Crippen LogP contribution >= 0.6 is 11.8 Å². The number of rotatable bonds is 5. The van der Waals surface area contributed by atoms with E-state index in [0.29, 0.717) is 5.22 Å². The number of hydrogen-bond donors (Lipinski definition) is 1. The average Bonchev–Trinajstić information content (AvgIpc) is 2.96. The topological polar surface area (TPSA) is 55.1 Å². The molecule has 0 saturated heterocycles. The average molecular weight is 312 g/mol. The molecule has 1 amide bonds. The van der Waals surface area contributed by atoms with Crippen LogP contribution in [-0.2, 0) is 11.2 Å². The number of hydrogen-bond acceptors (Lipinski definition) is 4. The summed E-state index contributed by atoms with van der Waals surface area (Å²) < 4.78 is 5.59. The second-order valence-electron chi connectivity index (χ2n) is 4.80. The summed E-state index contributed by atoms with van der Waals surface area (Å²) in [6.45, 7) is 2.07. The van der Waals surface area contributed by atoms with Crippen LogP contribution in [0.15, 0.2) is 58.2 Å². The van der Waals surface area contributed by atoms with Gasteiger partial charge < -0.3 is 9.73 Å². The van der Waals surface area contributed by atoms with Crippen LogP contribution in [0, 0.1) is 0 Å². The number of anilines is 1. The fourth-order valence-corrected chi connectivity index (χ4v) is 2.82. The van der Waals surface area contributed by atoms with Gasteiger partial charge in [0.15, 0.2) is 5.58 Å². The van der Waals surface area contributed by atoms with Gasteiger partial charge in [0.25, 0.3) is 5.22 Å². The minimum atomic E-state index is -0.0619. The maximum absolute atomic E-state index is 12.1. The van der Waals surface area contributed by atoms with Crippen LogP contribution in [0.3, 0.4) is 0 Å². The number of nitrogens with zero attached hydrogens (tertiary/aromatic N) is 1. The molecule has 1 aromatic heterocycles. The molecule has 0 aliphatic heterocycles. The van der Waals surface area contributed by atoms with Crippen LogP contribution in [0.25, 0.3) is 11.1 Å². The molecular formula is C17H16N2O2S. The Balaban J connectivity index is 1.62. The van der Waals surface area contributed by atoms with Crippen molar-refractivity contribution in [1.29, 1.82) is 0 Å². The first-order valence-electron chi connectivity index (χ1n) is 7.12. The van der Waals surface area contributed by atoms with E-state index >= 15 is 0 Å². The van der Waals surface area contributed by atoms with Crippen molar-refractivity contribution in [2.45, 2.75) is 18.6 Å². The van der Waals surface area contributed by atoms with E-state index in [2.05, 4.69) is 17.2 Å². The largest absolute Gasteiger partial charge is 0.431 e. The Hall–Kier alpha value is -2.27. The van der Waals surface area contributed by atoms with Crippen molar-refractivity contribution in [1.82, 2.24) is 4.98 Å². The van der Waals surface area contributed by atoms with Crippen molar-refractivity contribution in [3.8, 4) is 0 Å². The number of carbonyl (C=O) groups is 1. The van der Waals surface area contributed by atoms with Gasteiger partial charge >= 0.3 is 0 Å². The van der Waals surface area contributed by atoms with Gasteiger partial charge in [-0.1, -0.05) is 49.0 Å². The monoisotopic (exact) mass is 312 g/mol. The molecule has 1 heterocycles. The van der Waals surface area contributed by atoms with Gasteiger partial charge in [0, 0.05) is 5.69 Å². The fraction of sp³-hybridized carbons (Fsp3) is 0.176. The van der Waals surface area contributed by atoms with Gasteiger partial charge in [0.05, 0.1) is 5.75 Å². The van der Waals surface area contributed by atoms with Gasteiger partial charge in [-0.2, -0.15) is 0 Å². The molecule has 22 heavy (non-hydrogen) atoms. The molecule has 0 bridgehead atoms. The van der Waals surface area contributed by atoms with Crippen LogP contribution in [0.2, 0.25) is 0 Å². The minimum Gasteiger partial charge on any atom is -0.431 e. The van der Waals surface area contributed by atoms with Gasteiger partial charge in [-0.25, -0.2) is 4.98 Å². The Morgan fingerprint density at radius 3 is 2.77 bits per heavy atom. The number of amides is 1. The fourth-order valence-electron chi connectivity index (χ4n) is 2.18. The molecule has 0 fully saturated rings. The van der Waals surface area contributed by atoms with E-state index in [9.17, 15) is 4.79 Å². The first kappa shape index (κ1) is 14.7. The van der Waals surface area contributed by atoms with Crippen LogP contribution < -0.4 is 5.32 Å². The van der Waals surface area contributed by atoms with Crippen molar-refractivity contribution in [3.05, 3.63) is 54.1 Å². The summed E-state index contributed by atoms with van der Waals surface area (Å²) in [6, 6.07) is 15.4. The van der Waals surface area contributed by atoms with Crippen LogP contribution in [-0.4, -0.2) is 16.6 Å². The summed E-state index contributed by atoms with van der Waals surface area (Å²) in [6.07, 6.45) is 0.884. The molecule has 112 valence electrons. The molecule has 0 saturated carbocycles. The zero-order valence-corrected chi connectivity index (χ0v) is 13.0. The standard InChI is InChI=1S/C17H16N2O2S/c1-2-12-7-3-4-8-13(12)18-16(20)11-22-17-19-14-9-5-6-10-15(14)21-17/h3-10H,2,11H2,1H3,(H,18,20). The third-order valence-electron chi connectivity index (χ3n) is 3.27. The number of oxazole rings is 1. The third kappa shape index (κ3) is 3.31. The number of thioether (sulfide) groups is 1. The molecule has 0 unspecified atom stereocenters. The maximum Gasteiger partial charge on any atom is 0.257 e. The first-order chi connectivity index (χ1) is 10.8. The molecule has 0 aliphatic carbocycles. The van der Waals surface area contributed by atoms with E-state index in [0.717, 1.165) is 28.8 Å². The Labute approximate surface area is 132 Å². The molecule has 3 aromatic rings. The van der Waals surface area contributed by atoms with E-state index in [1.807, 2.05) is 48.5 Å². The molecule has 0 aliphatic rings.